The van der Waals surface area contributed by atoms with E-state index in [4.69, 9.17) is 5.11 Å². The molecular formula is C7H11BrO3. The van der Waals surface area contributed by atoms with Crippen LogP contribution >= 0.6 is 15.9 Å². The fourth-order valence-corrected chi connectivity index (χ4v) is 1.87. The average Bonchev–Trinajstić information content (AvgIpc) is 1.95. The van der Waals surface area contributed by atoms with Crippen LogP contribution in [-0.2, 0) is 4.79 Å². The number of alkyl halides is 1. The maximum absolute atomic E-state index is 10.7. The molecule has 1 rings (SSSR count). The van der Waals surface area contributed by atoms with Gasteiger partial charge in [-0.05, 0) is 12.8 Å². The summed E-state index contributed by atoms with van der Waals surface area (Å²) in [4.78, 5) is 10.7. The highest BCUT2D eigenvalue weighted by Crippen LogP contribution is 2.36. The zero-order valence-corrected chi connectivity index (χ0v) is 7.67. The first kappa shape index (κ1) is 9.00. The minimum atomic E-state index is -1.08. The summed E-state index contributed by atoms with van der Waals surface area (Å²) in [6.45, 7) is 0. The molecule has 0 aromatic rings. The fraction of sp³-hybridized carbons (Fsp3) is 0.857. The molecule has 1 aliphatic carbocycles. The molecule has 0 aromatic heterocycles. The Morgan fingerprint density at radius 2 is 2.18 bits per heavy atom. The van der Waals surface area contributed by atoms with Crippen molar-refractivity contribution in [1.29, 1.82) is 0 Å². The summed E-state index contributed by atoms with van der Waals surface area (Å²) in [6, 6.07) is 0. The van der Waals surface area contributed by atoms with Crippen molar-refractivity contribution in [3.8, 4) is 0 Å². The van der Waals surface area contributed by atoms with Gasteiger partial charge in [-0.25, -0.2) is 0 Å². The number of aliphatic carboxylic acids is 1. The smallest absolute Gasteiger partial charge is 0.323 e. The molecule has 0 aromatic carbocycles. The van der Waals surface area contributed by atoms with Crippen LogP contribution in [-0.4, -0.2) is 26.6 Å². The maximum atomic E-state index is 10.7. The molecule has 2 atom stereocenters. The first-order chi connectivity index (χ1) is 5.07. The van der Waals surface area contributed by atoms with Crippen molar-refractivity contribution in [3.05, 3.63) is 0 Å². The van der Waals surface area contributed by atoms with Crippen molar-refractivity contribution in [1.82, 2.24) is 0 Å². The number of carboxylic acid groups (broad SMARTS) is 1. The van der Waals surface area contributed by atoms with Gasteiger partial charge in [-0.15, -0.1) is 0 Å². The maximum Gasteiger partial charge on any atom is 0.323 e. The first-order valence-corrected chi connectivity index (χ1v) is 4.47. The molecule has 0 saturated heterocycles. The van der Waals surface area contributed by atoms with Crippen LogP contribution in [0.4, 0.5) is 0 Å². The van der Waals surface area contributed by atoms with Crippen molar-refractivity contribution < 1.29 is 15.0 Å². The van der Waals surface area contributed by atoms with Gasteiger partial charge in [0.15, 0.2) is 0 Å². The third-order valence-corrected chi connectivity index (χ3v) is 3.42. The van der Waals surface area contributed by atoms with Crippen LogP contribution in [0.25, 0.3) is 0 Å². The second-order valence-corrected chi connectivity index (χ2v) is 4.34. The van der Waals surface area contributed by atoms with E-state index in [2.05, 4.69) is 15.9 Å². The minimum absolute atomic E-state index is 0.517. The van der Waals surface area contributed by atoms with E-state index in [0.717, 1.165) is 12.8 Å². The van der Waals surface area contributed by atoms with Crippen molar-refractivity contribution in [2.24, 2.45) is 0 Å². The molecule has 0 amide bonds. The van der Waals surface area contributed by atoms with E-state index < -0.39 is 16.4 Å². The molecule has 0 spiro atoms. The van der Waals surface area contributed by atoms with Crippen molar-refractivity contribution in [2.75, 3.05) is 0 Å². The van der Waals surface area contributed by atoms with Crippen LogP contribution in [0, 0.1) is 0 Å². The Morgan fingerprint density at radius 1 is 1.55 bits per heavy atom. The van der Waals surface area contributed by atoms with Gasteiger partial charge < -0.3 is 10.2 Å². The predicted octanol–water partition coefficient (Wildman–Crippen LogP) is 1.14. The van der Waals surface area contributed by atoms with E-state index in [-0.39, 0.29) is 0 Å². The Balaban J connectivity index is 2.72. The Hall–Kier alpha value is -0.0900. The summed E-state index contributed by atoms with van der Waals surface area (Å²) in [5, 5.41) is 18.1. The highest BCUT2D eigenvalue weighted by molar-refractivity contribution is 9.10. The molecule has 0 unspecified atom stereocenters. The van der Waals surface area contributed by atoms with Crippen LogP contribution < -0.4 is 0 Å². The van der Waals surface area contributed by atoms with E-state index in [1.165, 1.54) is 0 Å². The van der Waals surface area contributed by atoms with E-state index in [0.29, 0.717) is 12.8 Å². The van der Waals surface area contributed by atoms with E-state index >= 15 is 0 Å². The molecule has 0 heterocycles. The van der Waals surface area contributed by atoms with Gasteiger partial charge in [0.25, 0.3) is 0 Å². The topological polar surface area (TPSA) is 57.5 Å². The molecule has 0 aliphatic heterocycles. The number of carbonyl (C=O) groups is 1. The Labute approximate surface area is 73.5 Å². The van der Waals surface area contributed by atoms with Crippen molar-refractivity contribution in [3.63, 3.8) is 0 Å². The lowest BCUT2D eigenvalue weighted by Crippen LogP contribution is -2.46. The Bertz CT molecular complexity index is 171. The lowest BCUT2D eigenvalue weighted by molar-refractivity contribution is -0.144. The highest BCUT2D eigenvalue weighted by atomic mass is 79.9. The Kier molecular flexibility index (Phi) is 2.54. The number of aliphatic hydroxyl groups excluding tert-OH is 1. The van der Waals surface area contributed by atoms with E-state index in [9.17, 15) is 9.90 Å². The number of hydrogen-bond donors (Lipinski definition) is 2. The molecule has 11 heavy (non-hydrogen) atoms. The molecule has 4 heteroatoms. The molecule has 3 nitrogen and oxygen atoms in total. The Morgan fingerprint density at radius 3 is 2.55 bits per heavy atom. The summed E-state index contributed by atoms with van der Waals surface area (Å²) in [6.07, 6.45) is 2.14. The monoisotopic (exact) mass is 222 g/mol. The lowest BCUT2D eigenvalue weighted by atomic mass is 9.86. The SMILES string of the molecule is O=C(O)[C@@]1(Br)CCCC[C@H]1O. The van der Waals surface area contributed by atoms with Crippen molar-refractivity contribution in [2.45, 2.75) is 36.1 Å². The first-order valence-electron chi connectivity index (χ1n) is 3.68. The summed E-state index contributed by atoms with van der Waals surface area (Å²) in [5.74, 6) is -0.954. The van der Waals surface area contributed by atoms with Crippen molar-refractivity contribution >= 4 is 21.9 Å². The van der Waals surface area contributed by atoms with Crippen LogP contribution in [0.5, 0.6) is 0 Å². The number of carboxylic acids is 1. The predicted molar refractivity (Wildman–Crippen MR) is 43.8 cm³/mol. The molecule has 2 N–H and O–H groups in total. The second kappa shape index (κ2) is 3.11. The van der Waals surface area contributed by atoms with E-state index in [1.54, 1.807) is 0 Å². The molecular weight excluding hydrogens is 212 g/mol. The van der Waals surface area contributed by atoms with Crippen LogP contribution in [0.2, 0.25) is 0 Å². The zero-order valence-electron chi connectivity index (χ0n) is 6.09. The zero-order chi connectivity index (χ0) is 8.48. The van der Waals surface area contributed by atoms with Gasteiger partial charge in [-0.2, -0.15) is 0 Å². The molecule has 1 aliphatic rings. The third-order valence-electron chi connectivity index (χ3n) is 2.15. The summed E-state index contributed by atoms with van der Waals surface area (Å²) in [7, 11) is 0. The number of halogens is 1. The van der Waals surface area contributed by atoms with Gasteiger partial charge in [0.1, 0.15) is 4.32 Å². The van der Waals surface area contributed by atoms with Gasteiger partial charge in [0.2, 0.25) is 0 Å². The number of hydrogen-bond acceptors (Lipinski definition) is 2. The average molecular weight is 223 g/mol. The second-order valence-electron chi connectivity index (χ2n) is 2.93. The van der Waals surface area contributed by atoms with Gasteiger partial charge in [0, 0.05) is 0 Å². The lowest BCUT2D eigenvalue weighted by Gasteiger charge is -2.32. The molecule has 1 fully saturated rings. The van der Waals surface area contributed by atoms with Crippen LogP contribution in [0.3, 0.4) is 0 Å². The largest absolute Gasteiger partial charge is 0.480 e. The molecule has 64 valence electrons. The normalized spacial score (nSPS) is 38.5. The molecule has 0 radical (unpaired) electrons. The van der Waals surface area contributed by atoms with Crippen LogP contribution in [0.15, 0.2) is 0 Å². The highest BCUT2D eigenvalue weighted by Gasteiger charge is 2.44. The van der Waals surface area contributed by atoms with Gasteiger partial charge in [0.05, 0.1) is 6.10 Å². The summed E-state index contributed by atoms with van der Waals surface area (Å²) in [5.41, 5.74) is 0. The third kappa shape index (κ3) is 1.56. The molecule has 1 saturated carbocycles. The number of aliphatic hydroxyl groups is 1. The summed E-state index contributed by atoms with van der Waals surface area (Å²) >= 11 is 3.08. The quantitative estimate of drug-likeness (QED) is 0.655. The molecule has 0 bridgehead atoms. The standard InChI is InChI=1S/C7H11BrO3/c8-7(6(10)11)4-2-1-3-5(7)9/h5,9H,1-4H2,(H,10,11)/t5-,7-/m1/s1. The number of rotatable bonds is 1. The van der Waals surface area contributed by atoms with Gasteiger partial charge in [-0.3, -0.25) is 4.79 Å². The van der Waals surface area contributed by atoms with Crippen LogP contribution in [0.1, 0.15) is 25.7 Å². The minimum Gasteiger partial charge on any atom is -0.480 e. The summed E-state index contributed by atoms with van der Waals surface area (Å²) < 4.78 is -1.08. The van der Waals surface area contributed by atoms with Gasteiger partial charge in [-0.1, -0.05) is 28.8 Å². The van der Waals surface area contributed by atoms with E-state index in [1.807, 2.05) is 0 Å². The fourth-order valence-electron chi connectivity index (χ4n) is 1.36. The van der Waals surface area contributed by atoms with Gasteiger partial charge >= 0.3 is 5.97 Å².